The lowest BCUT2D eigenvalue weighted by Gasteiger charge is -2.14. The smallest absolute Gasteiger partial charge is 0.471 e. The maximum Gasteiger partial charge on any atom is 0.471 e. The van der Waals surface area contributed by atoms with E-state index in [9.17, 15) is 22.2 Å². The van der Waals surface area contributed by atoms with Crippen LogP contribution in [0.1, 0.15) is 30.1 Å². The second-order valence-corrected chi connectivity index (χ2v) is 9.42. The molecule has 3 aromatic rings. The Morgan fingerprint density at radius 3 is 2.19 bits per heavy atom. The Balaban J connectivity index is 1.91. The molecule has 0 aliphatic heterocycles. The highest BCUT2D eigenvalue weighted by Gasteiger charge is 2.38. The van der Waals surface area contributed by atoms with Crippen molar-refractivity contribution in [2.75, 3.05) is 7.11 Å². The number of aromatic nitrogens is 2. The van der Waals surface area contributed by atoms with Gasteiger partial charge in [0.15, 0.2) is 0 Å². The van der Waals surface area contributed by atoms with E-state index in [1.807, 2.05) is 0 Å². The minimum absolute atomic E-state index is 0.116. The molecule has 0 N–H and O–H groups in total. The summed E-state index contributed by atoms with van der Waals surface area (Å²) in [6.45, 7) is 3.39. The van der Waals surface area contributed by atoms with Gasteiger partial charge in [0.25, 0.3) is 5.91 Å². The fourth-order valence-electron chi connectivity index (χ4n) is 2.59. The van der Waals surface area contributed by atoms with Gasteiger partial charge in [0.1, 0.15) is 5.75 Å². The van der Waals surface area contributed by atoms with Gasteiger partial charge in [-0.2, -0.15) is 22.5 Å². The van der Waals surface area contributed by atoms with Crippen LogP contribution in [-0.2, 0) is 15.9 Å². The van der Waals surface area contributed by atoms with Gasteiger partial charge in [0.05, 0.1) is 16.8 Å². The van der Waals surface area contributed by atoms with E-state index in [4.69, 9.17) is 4.74 Å². The molecule has 0 spiro atoms. The molecule has 1 atom stereocenters. The van der Waals surface area contributed by atoms with Crippen molar-refractivity contribution in [3.8, 4) is 17.1 Å². The highest BCUT2D eigenvalue weighted by atomic mass is 32.2. The molecule has 31 heavy (non-hydrogen) atoms. The molecule has 1 heterocycles. The average Bonchev–Trinajstić information content (AvgIpc) is 3.24. The molecule has 7 nitrogen and oxygen atoms in total. The van der Waals surface area contributed by atoms with Gasteiger partial charge in [0, 0.05) is 21.3 Å². The Kier molecular flexibility index (Phi) is 6.16. The fraction of sp³-hybridized carbons (Fsp3) is 0.250. The molecule has 1 aromatic heterocycles. The van der Waals surface area contributed by atoms with Gasteiger partial charge in [-0.15, -0.1) is 0 Å². The molecular formula is C20H18F3N3O4S. The number of benzene rings is 2. The lowest BCUT2D eigenvalue weighted by molar-refractivity contribution is -0.159. The fourth-order valence-corrected chi connectivity index (χ4v) is 4.33. The van der Waals surface area contributed by atoms with Gasteiger partial charge >= 0.3 is 12.1 Å². The Hall–Kier alpha value is -3.21. The molecule has 1 unspecified atom stereocenters. The Bertz CT molecular complexity index is 1190. The van der Waals surface area contributed by atoms with E-state index in [2.05, 4.69) is 19.0 Å². The zero-order valence-corrected chi connectivity index (χ0v) is 17.5. The Morgan fingerprint density at radius 2 is 1.71 bits per heavy atom. The van der Waals surface area contributed by atoms with Gasteiger partial charge < -0.3 is 9.26 Å². The molecule has 0 saturated carbocycles. The topological polar surface area (TPSA) is 94.7 Å². The van der Waals surface area contributed by atoms with Crippen molar-refractivity contribution < 1.29 is 31.4 Å². The zero-order valence-electron chi connectivity index (χ0n) is 16.7. The van der Waals surface area contributed by atoms with Crippen molar-refractivity contribution in [3.63, 3.8) is 0 Å². The highest BCUT2D eigenvalue weighted by molar-refractivity contribution is 7.94. The number of hydrogen-bond donors (Lipinski definition) is 0. The number of alkyl halides is 3. The van der Waals surface area contributed by atoms with Crippen LogP contribution in [0.4, 0.5) is 13.2 Å². The molecule has 0 radical (unpaired) electrons. The largest absolute Gasteiger partial charge is 0.497 e. The summed E-state index contributed by atoms with van der Waals surface area (Å²) in [7, 11) is -1.57. The molecule has 0 saturated heterocycles. The van der Waals surface area contributed by atoms with E-state index in [-0.39, 0.29) is 17.0 Å². The lowest BCUT2D eigenvalue weighted by atomic mass is 10.1. The monoisotopic (exact) mass is 453 g/mol. The maximum atomic E-state index is 13.5. The molecule has 0 aliphatic rings. The first-order valence-corrected chi connectivity index (χ1v) is 10.6. The second-order valence-electron chi connectivity index (χ2n) is 6.69. The summed E-state index contributed by atoms with van der Waals surface area (Å²) in [6, 6.07) is 11.9. The van der Waals surface area contributed by atoms with E-state index in [1.54, 1.807) is 38.1 Å². The summed E-state index contributed by atoms with van der Waals surface area (Å²) in [6.07, 6.45) is -4.75. The molecule has 11 heteroatoms. The van der Waals surface area contributed by atoms with E-state index in [0.29, 0.717) is 10.6 Å². The van der Waals surface area contributed by atoms with E-state index < -0.39 is 33.0 Å². The minimum atomic E-state index is -4.75. The van der Waals surface area contributed by atoms with Crippen LogP contribution in [0.5, 0.6) is 5.75 Å². The molecule has 0 aliphatic carbocycles. The van der Waals surface area contributed by atoms with Crippen LogP contribution >= 0.6 is 0 Å². The summed E-state index contributed by atoms with van der Waals surface area (Å²) in [4.78, 5) is 16.4. The quantitative estimate of drug-likeness (QED) is 0.549. The third-order valence-electron chi connectivity index (χ3n) is 4.31. The van der Waals surface area contributed by atoms with E-state index in [1.165, 1.54) is 31.4 Å². The van der Waals surface area contributed by atoms with Crippen molar-refractivity contribution in [2.24, 2.45) is 4.36 Å². The van der Waals surface area contributed by atoms with Gasteiger partial charge in [-0.1, -0.05) is 17.3 Å². The van der Waals surface area contributed by atoms with Crippen LogP contribution in [0.25, 0.3) is 11.4 Å². The number of halogens is 3. The van der Waals surface area contributed by atoms with Gasteiger partial charge in [-0.05, 0) is 50.2 Å². The predicted molar refractivity (Wildman–Crippen MR) is 106 cm³/mol. The van der Waals surface area contributed by atoms with Gasteiger partial charge in [-0.3, -0.25) is 4.79 Å². The van der Waals surface area contributed by atoms with E-state index >= 15 is 0 Å². The first kappa shape index (κ1) is 22.5. The normalized spacial score (nSPS) is 13.6. The van der Waals surface area contributed by atoms with Crippen molar-refractivity contribution in [1.82, 2.24) is 10.1 Å². The summed E-state index contributed by atoms with van der Waals surface area (Å²) in [5.41, 5.74) is 0.334. The molecule has 1 amide bonds. The number of amides is 1. The number of carbonyl (C=O) groups is 1. The SMILES string of the molecule is COc1ccc(S(=O)(=NC(=O)c2ccc(-c3noc(C(F)(F)F)n3)cc2)C(C)C)cc1. The molecule has 2 aromatic carbocycles. The number of carbonyl (C=O) groups excluding carboxylic acids is 1. The third kappa shape index (κ3) is 4.76. The first-order valence-electron chi connectivity index (χ1n) is 9.00. The van der Waals surface area contributed by atoms with Crippen molar-refractivity contribution in [1.29, 1.82) is 0 Å². The predicted octanol–water partition coefficient (Wildman–Crippen LogP) is 4.84. The average molecular weight is 453 g/mol. The summed E-state index contributed by atoms with van der Waals surface area (Å²) in [5, 5.41) is 2.84. The summed E-state index contributed by atoms with van der Waals surface area (Å²) in [5.74, 6) is -1.88. The molecule has 3 rings (SSSR count). The molecule has 0 bridgehead atoms. The van der Waals surface area contributed by atoms with Gasteiger partial charge in [0.2, 0.25) is 5.82 Å². The van der Waals surface area contributed by atoms with Crippen molar-refractivity contribution in [3.05, 3.63) is 60.0 Å². The van der Waals surface area contributed by atoms with Crippen LogP contribution in [0, 0.1) is 0 Å². The van der Waals surface area contributed by atoms with Crippen molar-refractivity contribution in [2.45, 2.75) is 30.2 Å². The van der Waals surface area contributed by atoms with Crippen LogP contribution < -0.4 is 4.74 Å². The first-order chi connectivity index (χ1) is 14.5. The number of nitrogens with zero attached hydrogens (tertiary/aromatic N) is 3. The number of ether oxygens (including phenoxy) is 1. The number of hydrogen-bond acceptors (Lipinski definition) is 6. The Labute approximate surface area is 176 Å². The maximum absolute atomic E-state index is 13.5. The van der Waals surface area contributed by atoms with Crippen molar-refractivity contribution >= 4 is 15.6 Å². The minimum Gasteiger partial charge on any atom is -0.497 e. The zero-order chi connectivity index (χ0) is 22.8. The highest BCUT2D eigenvalue weighted by Crippen LogP contribution is 2.29. The Morgan fingerprint density at radius 1 is 1.10 bits per heavy atom. The van der Waals surface area contributed by atoms with E-state index in [0.717, 1.165) is 0 Å². The van der Waals surface area contributed by atoms with Crippen LogP contribution in [0.3, 0.4) is 0 Å². The van der Waals surface area contributed by atoms with Crippen LogP contribution in [0.15, 0.2) is 62.3 Å². The third-order valence-corrected chi connectivity index (χ3v) is 6.98. The summed E-state index contributed by atoms with van der Waals surface area (Å²) < 4.78 is 64.6. The standard InChI is InChI=1S/C20H18F3N3O4S/c1-12(2)31(28,16-10-8-15(29-3)9-11-16)26-18(27)14-6-4-13(5-7-14)17-24-19(30-25-17)20(21,22)23/h4-12H,1-3H3. The molecular weight excluding hydrogens is 435 g/mol. The van der Waals surface area contributed by atoms with Crippen LogP contribution in [-0.4, -0.2) is 32.6 Å². The molecule has 164 valence electrons. The number of methoxy groups -OCH3 is 1. The van der Waals surface area contributed by atoms with Gasteiger partial charge in [-0.25, -0.2) is 4.21 Å². The molecule has 0 fully saturated rings. The van der Waals surface area contributed by atoms with Crippen LogP contribution in [0.2, 0.25) is 0 Å². The number of rotatable bonds is 5. The second kappa shape index (κ2) is 8.50. The summed E-state index contributed by atoms with van der Waals surface area (Å²) >= 11 is 0. The lowest BCUT2D eigenvalue weighted by Crippen LogP contribution is -2.16.